The summed E-state index contributed by atoms with van der Waals surface area (Å²) >= 11 is 8.76. The summed E-state index contributed by atoms with van der Waals surface area (Å²) in [6, 6.07) is 13.7. The van der Waals surface area contributed by atoms with Crippen molar-refractivity contribution in [2.45, 2.75) is 6.54 Å². The van der Waals surface area contributed by atoms with E-state index in [1.165, 1.54) is 6.33 Å². The van der Waals surface area contributed by atoms with Crippen LogP contribution in [0.3, 0.4) is 0 Å². The molecular weight excluding hydrogens is 487 g/mol. The molecule has 3 heterocycles. The monoisotopic (exact) mass is 498 g/mol. The smallest absolute Gasteiger partial charge is 0.163 e. The number of para-hydroxylation sites is 1. The van der Waals surface area contributed by atoms with Gasteiger partial charge in [0.2, 0.25) is 0 Å². The first-order valence-corrected chi connectivity index (χ1v) is 9.97. The second-order valence-electron chi connectivity index (χ2n) is 6.21. The van der Waals surface area contributed by atoms with Crippen LogP contribution in [0.2, 0.25) is 5.02 Å². The zero-order chi connectivity index (χ0) is 19.1. The van der Waals surface area contributed by atoms with Crippen molar-refractivity contribution >= 4 is 56.4 Å². The standard InChI is InChI=1S/C20H12ClIN6/c21-13-5-2-1-4-12(13)18-17(27-19-14(22)6-3-7-15(19)26-18)9-28-11-25-16-8-23-10-24-20(16)28/h1-8,10-11H,9H2. The molecule has 0 radical (unpaired) electrons. The van der Waals surface area contributed by atoms with Crippen LogP contribution in [0.4, 0.5) is 0 Å². The van der Waals surface area contributed by atoms with Crippen molar-refractivity contribution < 1.29 is 0 Å². The molecule has 3 aromatic heterocycles. The second-order valence-corrected chi connectivity index (χ2v) is 7.78. The minimum atomic E-state index is 0.474. The molecule has 0 aliphatic heterocycles. The molecule has 0 aliphatic rings. The molecule has 0 saturated carbocycles. The summed E-state index contributed by atoms with van der Waals surface area (Å²) in [5.74, 6) is 0. The molecule has 5 rings (SSSR count). The van der Waals surface area contributed by atoms with Gasteiger partial charge >= 0.3 is 0 Å². The summed E-state index contributed by atoms with van der Waals surface area (Å²) in [5.41, 5.74) is 5.62. The number of halogens is 2. The van der Waals surface area contributed by atoms with Gasteiger partial charge in [0.25, 0.3) is 0 Å². The van der Waals surface area contributed by atoms with Gasteiger partial charge in [-0.2, -0.15) is 0 Å². The number of hydrogen-bond donors (Lipinski definition) is 0. The molecule has 0 unspecified atom stereocenters. The molecule has 28 heavy (non-hydrogen) atoms. The van der Waals surface area contributed by atoms with Gasteiger partial charge in [-0.3, -0.25) is 0 Å². The quantitative estimate of drug-likeness (QED) is 0.336. The van der Waals surface area contributed by atoms with Crippen LogP contribution < -0.4 is 0 Å². The Balaban J connectivity index is 1.75. The van der Waals surface area contributed by atoms with Gasteiger partial charge in [0, 0.05) is 9.13 Å². The third-order valence-corrected chi connectivity index (χ3v) is 5.65. The first-order valence-electron chi connectivity index (χ1n) is 8.51. The maximum absolute atomic E-state index is 6.48. The van der Waals surface area contributed by atoms with Crippen molar-refractivity contribution in [1.82, 2.24) is 29.5 Å². The van der Waals surface area contributed by atoms with E-state index in [0.29, 0.717) is 11.6 Å². The Morgan fingerprint density at radius 2 is 1.86 bits per heavy atom. The molecule has 0 amide bonds. The van der Waals surface area contributed by atoms with E-state index < -0.39 is 0 Å². The minimum absolute atomic E-state index is 0.474. The maximum atomic E-state index is 6.48. The Hall–Kier alpha value is -2.65. The van der Waals surface area contributed by atoms with Crippen LogP contribution in [0.25, 0.3) is 33.5 Å². The van der Waals surface area contributed by atoms with E-state index >= 15 is 0 Å². The third kappa shape index (κ3) is 3.00. The average Bonchev–Trinajstić information content (AvgIpc) is 3.12. The van der Waals surface area contributed by atoms with E-state index in [1.807, 2.05) is 47.0 Å². The lowest BCUT2D eigenvalue weighted by Crippen LogP contribution is -2.06. The third-order valence-electron chi connectivity index (χ3n) is 4.45. The Kier molecular flexibility index (Phi) is 4.40. The summed E-state index contributed by atoms with van der Waals surface area (Å²) in [6.45, 7) is 0.474. The van der Waals surface area contributed by atoms with Gasteiger partial charge in [0.1, 0.15) is 17.4 Å². The lowest BCUT2D eigenvalue weighted by Gasteiger charge is -2.13. The number of nitrogens with zero attached hydrogens (tertiary/aromatic N) is 6. The molecule has 5 aromatic rings. The van der Waals surface area contributed by atoms with Crippen molar-refractivity contribution in [3.8, 4) is 11.3 Å². The highest BCUT2D eigenvalue weighted by molar-refractivity contribution is 14.1. The first kappa shape index (κ1) is 17.4. The van der Waals surface area contributed by atoms with Gasteiger partial charge in [-0.05, 0) is 40.8 Å². The van der Waals surface area contributed by atoms with Crippen LogP contribution in [0.1, 0.15) is 5.69 Å². The molecule has 0 fully saturated rings. The fraction of sp³-hybridized carbons (Fsp3) is 0.0500. The maximum Gasteiger partial charge on any atom is 0.163 e. The molecule has 0 bridgehead atoms. The van der Waals surface area contributed by atoms with E-state index in [1.54, 1.807) is 12.5 Å². The number of hydrogen-bond acceptors (Lipinski definition) is 5. The molecule has 0 atom stereocenters. The van der Waals surface area contributed by atoms with Crippen molar-refractivity contribution in [3.05, 3.63) is 75.6 Å². The average molecular weight is 499 g/mol. The molecular formula is C20H12ClIN6. The zero-order valence-electron chi connectivity index (χ0n) is 14.4. The number of fused-ring (bicyclic) bond motifs is 2. The van der Waals surface area contributed by atoms with Crippen LogP contribution in [0.15, 0.2) is 61.3 Å². The Morgan fingerprint density at radius 3 is 2.75 bits per heavy atom. The van der Waals surface area contributed by atoms with Gasteiger partial charge in [-0.15, -0.1) is 0 Å². The van der Waals surface area contributed by atoms with Crippen molar-refractivity contribution in [1.29, 1.82) is 0 Å². The van der Waals surface area contributed by atoms with Crippen LogP contribution in [0.5, 0.6) is 0 Å². The summed E-state index contributed by atoms with van der Waals surface area (Å²) < 4.78 is 3.00. The van der Waals surface area contributed by atoms with E-state index in [-0.39, 0.29) is 0 Å². The Labute approximate surface area is 178 Å². The summed E-state index contributed by atoms with van der Waals surface area (Å²) in [5, 5.41) is 0.640. The van der Waals surface area contributed by atoms with Crippen LogP contribution in [0, 0.1) is 3.57 Å². The fourth-order valence-electron chi connectivity index (χ4n) is 3.15. The lowest BCUT2D eigenvalue weighted by atomic mass is 10.1. The van der Waals surface area contributed by atoms with Crippen LogP contribution >= 0.6 is 34.2 Å². The van der Waals surface area contributed by atoms with E-state index in [0.717, 1.165) is 42.7 Å². The van der Waals surface area contributed by atoms with Gasteiger partial charge in [-0.1, -0.05) is 35.9 Å². The van der Waals surface area contributed by atoms with Gasteiger partial charge in [0.15, 0.2) is 5.65 Å². The van der Waals surface area contributed by atoms with Crippen LogP contribution in [-0.2, 0) is 6.54 Å². The molecule has 0 spiro atoms. The van der Waals surface area contributed by atoms with Crippen LogP contribution in [-0.4, -0.2) is 29.5 Å². The summed E-state index contributed by atoms with van der Waals surface area (Å²) in [7, 11) is 0. The minimum Gasteiger partial charge on any atom is -0.309 e. The van der Waals surface area contributed by atoms with Crippen molar-refractivity contribution in [3.63, 3.8) is 0 Å². The van der Waals surface area contributed by atoms with Gasteiger partial charge < -0.3 is 4.57 Å². The molecule has 0 N–H and O–H groups in total. The summed E-state index contributed by atoms with van der Waals surface area (Å²) in [6.07, 6.45) is 4.96. The topological polar surface area (TPSA) is 69.4 Å². The predicted molar refractivity (Wildman–Crippen MR) is 117 cm³/mol. The van der Waals surface area contributed by atoms with Crippen molar-refractivity contribution in [2.24, 2.45) is 0 Å². The van der Waals surface area contributed by atoms with Gasteiger partial charge in [0.05, 0.1) is 41.0 Å². The molecule has 0 saturated heterocycles. The first-order chi connectivity index (χ1) is 13.7. The predicted octanol–water partition coefficient (Wildman–Crippen LogP) is 4.74. The molecule has 136 valence electrons. The molecule has 8 heteroatoms. The van der Waals surface area contributed by atoms with E-state index in [9.17, 15) is 0 Å². The summed E-state index contributed by atoms with van der Waals surface area (Å²) in [4.78, 5) is 22.6. The highest BCUT2D eigenvalue weighted by Gasteiger charge is 2.16. The van der Waals surface area contributed by atoms with E-state index in [4.69, 9.17) is 21.6 Å². The highest BCUT2D eigenvalue weighted by Crippen LogP contribution is 2.31. The molecule has 6 nitrogen and oxygen atoms in total. The largest absolute Gasteiger partial charge is 0.309 e. The number of rotatable bonds is 3. The zero-order valence-corrected chi connectivity index (χ0v) is 17.3. The SMILES string of the molecule is Clc1ccccc1-c1nc2cccc(I)c2nc1Cn1cnc2cncnc21. The van der Waals surface area contributed by atoms with E-state index in [2.05, 4.69) is 37.5 Å². The fourth-order valence-corrected chi connectivity index (χ4v) is 3.98. The van der Waals surface area contributed by atoms with Gasteiger partial charge in [-0.25, -0.2) is 24.9 Å². The number of benzene rings is 2. The molecule has 2 aromatic carbocycles. The second kappa shape index (κ2) is 7.06. The Bertz CT molecular complexity index is 1330. The number of aromatic nitrogens is 6. The normalized spacial score (nSPS) is 11.4. The lowest BCUT2D eigenvalue weighted by molar-refractivity contribution is 0.789. The Morgan fingerprint density at radius 1 is 0.964 bits per heavy atom. The number of imidazole rings is 1. The van der Waals surface area contributed by atoms with Crippen molar-refractivity contribution in [2.75, 3.05) is 0 Å². The molecule has 0 aliphatic carbocycles. The highest BCUT2D eigenvalue weighted by atomic mass is 127.